The average Bonchev–Trinajstić information content (AvgIpc) is 3.04. The second kappa shape index (κ2) is 5.65. The number of ether oxygens (including phenoxy) is 2. The summed E-state index contributed by atoms with van der Waals surface area (Å²) in [7, 11) is 0. The lowest BCUT2D eigenvalue weighted by molar-refractivity contribution is -0.0442. The molecule has 2 aromatic rings. The Morgan fingerprint density at radius 3 is 2.96 bits per heavy atom. The summed E-state index contributed by atoms with van der Waals surface area (Å²) in [4.78, 5) is 17.5. The molecule has 5 nitrogen and oxygen atoms in total. The van der Waals surface area contributed by atoms with Crippen LogP contribution in [0.3, 0.4) is 0 Å². The van der Waals surface area contributed by atoms with Crippen LogP contribution in [0, 0.1) is 5.92 Å². The molecule has 1 saturated heterocycles. The molecule has 1 saturated carbocycles. The molecule has 1 amide bonds. The summed E-state index contributed by atoms with van der Waals surface area (Å²) in [5.74, 6) is 1.03. The lowest BCUT2D eigenvalue weighted by Crippen LogP contribution is -2.26. The van der Waals surface area contributed by atoms with Crippen LogP contribution < -0.4 is 5.32 Å². The number of fused-ring (bicyclic) bond motifs is 3. The van der Waals surface area contributed by atoms with E-state index in [1.54, 1.807) is 6.20 Å². The highest BCUT2D eigenvalue weighted by Gasteiger charge is 2.53. The SMILES string of the molecule is O=C(N[C@@H]1[C@H]2CCc3ccccc3[C@H]21)c1cnc(C2OCCO2)s1. The summed E-state index contributed by atoms with van der Waals surface area (Å²) in [6.07, 6.45) is 3.49. The molecule has 0 bridgehead atoms. The van der Waals surface area contributed by atoms with Crippen molar-refractivity contribution in [1.82, 2.24) is 10.3 Å². The van der Waals surface area contributed by atoms with Crippen molar-refractivity contribution in [3.63, 3.8) is 0 Å². The normalized spacial score (nSPS) is 28.2. The highest BCUT2D eigenvalue weighted by molar-refractivity contribution is 7.13. The Morgan fingerprint density at radius 1 is 1.25 bits per heavy atom. The number of thiazole rings is 1. The van der Waals surface area contributed by atoms with Gasteiger partial charge in [-0.05, 0) is 29.9 Å². The summed E-state index contributed by atoms with van der Waals surface area (Å²) >= 11 is 1.35. The van der Waals surface area contributed by atoms with Crippen LogP contribution in [0.1, 0.15) is 44.4 Å². The summed E-state index contributed by atoms with van der Waals surface area (Å²) in [5.41, 5.74) is 2.85. The summed E-state index contributed by atoms with van der Waals surface area (Å²) < 4.78 is 10.9. The van der Waals surface area contributed by atoms with Crippen LogP contribution in [0.15, 0.2) is 30.5 Å². The van der Waals surface area contributed by atoms with Gasteiger partial charge in [0.15, 0.2) is 0 Å². The van der Waals surface area contributed by atoms with E-state index in [-0.39, 0.29) is 11.9 Å². The highest BCUT2D eigenvalue weighted by Crippen LogP contribution is 2.54. The molecule has 2 fully saturated rings. The third-order valence-electron chi connectivity index (χ3n) is 5.20. The molecule has 1 N–H and O–H groups in total. The van der Waals surface area contributed by atoms with Crippen LogP contribution in [-0.4, -0.2) is 30.1 Å². The number of carbonyl (C=O) groups is 1. The van der Waals surface area contributed by atoms with Crippen molar-refractivity contribution in [3.05, 3.63) is 51.5 Å². The molecule has 0 unspecified atom stereocenters. The number of aryl methyl sites for hydroxylation is 1. The molecule has 24 heavy (non-hydrogen) atoms. The standard InChI is InChI=1S/C18H18N2O3S/c21-16(13-9-19-17(24-13)18-22-7-8-23-18)20-15-12-6-5-10-3-1-2-4-11(10)14(12)15/h1-4,9,12,14-15,18H,5-8H2,(H,20,21)/t12-,14+,15+/m0/s1. The summed E-state index contributed by atoms with van der Waals surface area (Å²) in [5, 5.41) is 3.93. The van der Waals surface area contributed by atoms with Crippen LogP contribution in [0.25, 0.3) is 0 Å². The van der Waals surface area contributed by atoms with E-state index in [1.165, 1.54) is 22.5 Å². The van der Waals surface area contributed by atoms with Gasteiger partial charge in [-0.1, -0.05) is 24.3 Å². The molecule has 2 heterocycles. The Morgan fingerprint density at radius 2 is 2.08 bits per heavy atom. The van der Waals surface area contributed by atoms with Crippen molar-refractivity contribution in [2.45, 2.75) is 31.1 Å². The largest absolute Gasteiger partial charge is 0.348 e. The lowest BCUT2D eigenvalue weighted by Gasteiger charge is -2.13. The monoisotopic (exact) mass is 342 g/mol. The maximum Gasteiger partial charge on any atom is 0.263 e. The predicted octanol–water partition coefficient (Wildman–Crippen LogP) is 2.65. The minimum atomic E-state index is -0.410. The predicted molar refractivity (Wildman–Crippen MR) is 89.0 cm³/mol. The van der Waals surface area contributed by atoms with E-state index in [4.69, 9.17) is 9.47 Å². The van der Waals surface area contributed by atoms with Gasteiger partial charge in [-0.15, -0.1) is 11.3 Å². The summed E-state index contributed by atoms with van der Waals surface area (Å²) in [6.45, 7) is 1.16. The zero-order chi connectivity index (χ0) is 16.1. The quantitative estimate of drug-likeness (QED) is 0.932. The number of rotatable bonds is 3. The first-order valence-corrected chi connectivity index (χ1v) is 9.20. The Bertz CT molecular complexity index is 784. The van der Waals surface area contributed by atoms with Crippen LogP contribution >= 0.6 is 11.3 Å². The molecule has 0 radical (unpaired) electrons. The maximum absolute atomic E-state index is 12.6. The van der Waals surface area contributed by atoms with Crippen LogP contribution in [0.2, 0.25) is 0 Å². The first kappa shape index (κ1) is 14.6. The number of aromatic nitrogens is 1. The van der Waals surface area contributed by atoms with Gasteiger partial charge in [0.25, 0.3) is 5.91 Å². The zero-order valence-electron chi connectivity index (χ0n) is 13.1. The van der Waals surface area contributed by atoms with Crippen LogP contribution in [-0.2, 0) is 15.9 Å². The molecule has 1 aliphatic heterocycles. The Balaban J connectivity index is 1.29. The molecular formula is C18H18N2O3S. The third-order valence-corrected chi connectivity index (χ3v) is 6.22. The number of hydrogen-bond acceptors (Lipinski definition) is 5. The Hall–Kier alpha value is -1.76. The van der Waals surface area contributed by atoms with E-state index >= 15 is 0 Å². The molecular weight excluding hydrogens is 324 g/mol. The smallest absolute Gasteiger partial charge is 0.263 e. The van der Waals surface area contributed by atoms with Crippen molar-refractivity contribution >= 4 is 17.2 Å². The van der Waals surface area contributed by atoms with E-state index in [9.17, 15) is 4.79 Å². The minimum Gasteiger partial charge on any atom is -0.348 e. The van der Waals surface area contributed by atoms with Crippen LogP contribution in [0.4, 0.5) is 0 Å². The molecule has 5 rings (SSSR count). The molecule has 3 aliphatic rings. The number of carbonyl (C=O) groups excluding carboxylic acids is 1. The van der Waals surface area contributed by atoms with Crippen molar-refractivity contribution in [1.29, 1.82) is 0 Å². The van der Waals surface area contributed by atoms with E-state index in [0.29, 0.717) is 29.9 Å². The van der Waals surface area contributed by atoms with Gasteiger partial charge in [0.2, 0.25) is 6.29 Å². The second-order valence-electron chi connectivity index (χ2n) is 6.56. The highest BCUT2D eigenvalue weighted by atomic mass is 32.1. The van der Waals surface area contributed by atoms with Crippen molar-refractivity contribution in [3.8, 4) is 0 Å². The number of hydrogen-bond donors (Lipinski definition) is 1. The molecule has 2 aliphatic carbocycles. The van der Waals surface area contributed by atoms with E-state index in [1.807, 2.05) is 0 Å². The Kier molecular flexibility index (Phi) is 3.43. The Labute approximate surface area is 144 Å². The fourth-order valence-electron chi connectivity index (χ4n) is 3.99. The van der Waals surface area contributed by atoms with Crippen LogP contribution in [0.5, 0.6) is 0 Å². The van der Waals surface area contributed by atoms with Gasteiger partial charge >= 0.3 is 0 Å². The molecule has 3 atom stereocenters. The van der Waals surface area contributed by atoms with Gasteiger partial charge in [-0.2, -0.15) is 0 Å². The fourth-order valence-corrected chi connectivity index (χ4v) is 4.81. The van der Waals surface area contributed by atoms with Gasteiger partial charge < -0.3 is 14.8 Å². The third kappa shape index (κ3) is 2.37. The van der Waals surface area contributed by atoms with Gasteiger partial charge in [0.1, 0.15) is 9.88 Å². The topological polar surface area (TPSA) is 60.5 Å². The van der Waals surface area contributed by atoms with Crippen molar-refractivity contribution < 1.29 is 14.3 Å². The number of benzene rings is 1. The lowest BCUT2D eigenvalue weighted by atomic mass is 9.92. The first-order chi connectivity index (χ1) is 11.8. The van der Waals surface area contributed by atoms with Crippen molar-refractivity contribution in [2.75, 3.05) is 13.2 Å². The van der Waals surface area contributed by atoms with Gasteiger partial charge in [-0.3, -0.25) is 4.79 Å². The minimum absolute atomic E-state index is 0.0337. The maximum atomic E-state index is 12.6. The number of nitrogens with zero attached hydrogens (tertiary/aromatic N) is 1. The zero-order valence-corrected chi connectivity index (χ0v) is 13.9. The first-order valence-electron chi connectivity index (χ1n) is 8.39. The fraction of sp³-hybridized carbons (Fsp3) is 0.444. The molecule has 1 aromatic carbocycles. The molecule has 0 spiro atoms. The number of amides is 1. The van der Waals surface area contributed by atoms with Gasteiger partial charge in [-0.25, -0.2) is 4.98 Å². The average molecular weight is 342 g/mol. The molecule has 6 heteroatoms. The van der Waals surface area contributed by atoms with Crippen molar-refractivity contribution in [2.24, 2.45) is 5.92 Å². The number of nitrogens with one attached hydrogen (secondary N) is 1. The molecule has 1 aromatic heterocycles. The van der Waals surface area contributed by atoms with Gasteiger partial charge in [0.05, 0.1) is 19.4 Å². The second-order valence-corrected chi connectivity index (χ2v) is 7.62. The molecule has 124 valence electrons. The van der Waals surface area contributed by atoms with Gasteiger partial charge in [0, 0.05) is 12.0 Å². The van der Waals surface area contributed by atoms with E-state index < -0.39 is 6.29 Å². The summed E-state index contributed by atoms with van der Waals surface area (Å²) in [6, 6.07) is 8.86. The van der Waals surface area contributed by atoms with E-state index in [0.717, 1.165) is 17.8 Å². The van der Waals surface area contributed by atoms with E-state index in [2.05, 4.69) is 34.6 Å².